The van der Waals surface area contributed by atoms with Crippen LogP contribution < -0.4 is 0 Å². The molecule has 0 aromatic heterocycles. The van der Waals surface area contributed by atoms with Crippen molar-refractivity contribution in [3.63, 3.8) is 0 Å². The van der Waals surface area contributed by atoms with Crippen molar-refractivity contribution in [2.75, 3.05) is 6.54 Å². The van der Waals surface area contributed by atoms with Crippen LogP contribution in [0.25, 0.3) is 0 Å². The molecule has 0 saturated carbocycles. The summed E-state index contributed by atoms with van der Waals surface area (Å²) in [4.78, 5) is 26.3. The monoisotopic (exact) mass is 391 g/mol. The van der Waals surface area contributed by atoms with Gasteiger partial charge < -0.3 is 10.0 Å². The van der Waals surface area contributed by atoms with E-state index in [2.05, 4.69) is 0 Å². The summed E-state index contributed by atoms with van der Waals surface area (Å²) in [6.07, 6.45) is 0.610. The van der Waals surface area contributed by atoms with Crippen LogP contribution in [0.15, 0.2) is 36.4 Å². The van der Waals surface area contributed by atoms with E-state index in [0.29, 0.717) is 34.1 Å². The highest BCUT2D eigenvalue weighted by Crippen LogP contribution is 2.37. The molecule has 2 aromatic rings. The first-order chi connectivity index (χ1) is 12.2. The second-order valence-electron chi connectivity index (χ2n) is 6.87. The van der Waals surface area contributed by atoms with Gasteiger partial charge in [-0.25, -0.2) is 4.79 Å². The van der Waals surface area contributed by atoms with E-state index in [1.165, 1.54) is 0 Å². The minimum absolute atomic E-state index is 0.0867. The van der Waals surface area contributed by atoms with Crippen molar-refractivity contribution in [1.82, 2.24) is 4.90 Å². The molecular formula is C20H19Cl2NO3. The normalized spacial score (nSPS) is 15.5. The van der Waals surface area contributed by atoms with Crippen LogP contribution in [0.4, 0.5) is 0 Å². The van der Waals surface area contributed by atoms with Gasteiger partial charge in [0, 0.05) is 16.6 Å². The van der Waals surface area contributed by atoms with Gasteiger partial charge in [-0.05, 0) is 55.2 Å². The second-order valence-corrected chi connectivity index (χ2v) is 7.68. The Balaban J connectivity index is 1.94. The number of rotatable bonds is 3. The number of carboxylic acid groups (broad SMARTS) is 1. The molecule has 1 aliphatic heterocycles. The zero-order chi connectivity index (χ0) is 19.1. The zero-order valence-corrected chi connectivity index (χ0v) is 16.1. The topological polar surface area (TPSA) is 57.6 Å². The Morgan fingerprint density at radius 2 is 1.73 bits per heavy atom. The van der Waals surface area contributed by atoms with Gasteiger partial charge in [-0.3, -0.25) is 4.79 Å². The lowest BCUT2D eigenvalue weighted by molar-refractivity contribution is -0.136. The van der Waals surface area contributed by atoms with E-state index < -0.39 is 11.5 Å². The first kappa shape index (κ1) is 18.7. The number of amides is 1. The fraction of sp³-hybridized carbons (Fsp3) is 0.300. The summed E-state index contributed by atoms with van der Waals surface area (Å²) in [6.45, 7) is 4.32. The van der Waals surface area contributed by atoms with Crippen molar-refractivity contribution >= 4 is 35.1 Å². The highest BCUT2D eigenvalue weighted by molar-refractivity contribution is 6.36. The lowest BCUT2D eigenvalue weighted by atomic mass is 9.81. The molecule has 0 bridgehead atoms. The quantitative estimate of drug-likeness (QED) is 0.834. The summed E-state index contributed by atoms with van der Waals surface area (Å²) < 4.78 is 0. The number of hydrogen-bond acceptors (Lipinski definition) is 2. The van der Waals surface area contributed by atoms with Crippen LogP contribution in [-0.2, 0) is 23.2 Å². The summed E-state index contributed by atoms with van der Waals surface area (Å²) >= 11 is 12.4. The minimum Gasteiger partial charge on any atom is -0.478 e. The molecule has 0 atom stereocenters. The fourth-order valence-electron chi connectivity index (χ4n) is 3.66. The number of nitrogens with zero attached hydrogens (tertiary/aromatic N) is 1. The van der Waals surface area contributed by atoms with Gasteiger partial charge in [-0.2, -0.15) is 0 Å². The lowest BCUT2D eigenvalue weighted by Crippen LogP contribution is -2.50. The Hall–Kier alpha value is -2.04. The van der Waals surface area contributed by atoms with Crippen molar-refractivity contribution in [2.45, 2.75) is 32.2 Å². The highest BCUT2D eigenvalue weighted by atomic mass is 35.5. The fourth-order valence-corrected chi connectivity index (χ4v) is 4.19. The molecule has 3 rings (SSSR count). The predicted octanol–water partition coefficient (Wildman–Crippen LogP) is 4.55. The molecule has 0 fully saturated rings. The standard InChI is InChI=1S/C20H19Cl2NO3/c1-20(2)15-6-3-5-13(19(25)26)12(15)9-10-23(20)18(24)11-14-16(21)7-4-8-17(14)22/h3-8H,9-11H2,1-2H3,(H,25,26). The van der Waals surface area contributed by atoms with Gasteiger partial charge in [0.15, 0.2) is 0 Å². The van der Waals surface area contributed by atoms with Crippen molar-refractivity contribution in [1.29, 1.82) is 0 Å². The van der Waals surface area contributed by atoms with Gasteiger partial charge in [-0.1, -0.05) is 41.4 Å². The number of carboxylic acids is 1. The van der Waals surface area contributed by atoms with Crippen molar-refractivity contribution in [3.8, 4) is 0 Å². The third-order valence-electron chi connectivity index (χ3n) is 5.02. The summed E-state index contributed by atoms with van der Waals surface area (Å²) in [5.74, 6) is -1.03. The first-order valence-electron chi connectivity index (χ1n) is 8.32. The molecule has 26 heavy (non-hydrogen) atoms. The Bertz CT molecular complexity index is 872. The summed E-state index contributed by atoms with van der Waals surface area (Å²) in [7, 11) is 0. The van der Waals surface area contributed by atoms with E-state index in [0.717, 1.165) is 11.1 Å². The van der Waals surface area contributed by atoms with Gasteiger partial charge in [0.1, 0.15) is 0 Å². The van der Waals surface area contributed by atoms with E-state index in [-0.39, 0.29) is 12.3 Å². The van der Waals surface area contributed by atoms with Crippen LogP contribution in [0.1, 0.15) is 40.9 Å². The molecule has 1 amide bonds. The second kappa shape index (κ2) is 6.93. The summed E-state index contributed by atoms with van der Waals surface area (Å²) in [6, 6.07) is 10.4. The zero-order valence-electron chi connectivity index (χ0n) is 14.6. The maximum absolute atomic E-state index is 13.0. The summed E-state index contributed by atoms with van der Waals surface area (Å²) in [5.41, 5.74) is 1.95. The third-order valence-corrected chi connectivity index (χ3v) is 5.72. The lowest BCUT2D eigenvalue weighted by Gasteiger charge is -2.44. The molecule has 2 aromatic carbocycles. The van der Waals surface area contributed by atoms with E-state index in [1.54, 1.807) is 35.2 Å². The van der Waals surface area contributed by atoms with Gasteiger partial charge in [0.2, 0.25) is 5.91 Å². The average molecular weight is 392 g/mol. The molecule has 0 unspecified atom stereocenters. The number of carbonyl (C=O) groups is 2. The molecule has 0 saturated heterocycles. The molecule has 0 radical (unpaired) electrons. The van der Waals surface area contributed by atoms with Gasteiger partial charge >= 0.3 is 5.97 Å². The number of fused-ring (bicyclic) bond motifs is 1. The van der Waals surface area contributed by atoms with Gasteiger partial charge in [0.25, 0.3) is 0 Å². The van der Waals surface area contributed by atoms with E-state index in [9.17, 15) is 14.7 Å². The Labute approximate surface area is 162 Å². The number of carbonyl (C=O) groups excluding carboxylic acids is 1. The molecule has 1 heterocycles. The van der Waals surface area contributed by atoms with Crippen LogP contribution in [-0.4, -0.2) is 28.4 Å². The van der Waals surface area contributed by atoms with Crippen LogP contribution >= 0.6 is 23.2 Å². The smallest absolute Gasteiger partial charge is 0.335 e. The van der Waals surface area contributed by atoms with E-state index >= 15 is 0 Å². The average Bonchev–Trinajstić information content (AvgIpc) is 2.57. The third kappa shape index (κ3) is 3.19. The molecule has 1 aliphatic rings. The maximum atomic E-state index is 13.0. The first-order valence-corrected chi connectivity index (χ1v) is 9.08. The number of aromatic carboxylic acids is 1. The largest absolute Gasteiger partial charge is 0.478 e. The SMILES string of the molecule is CC1(C)c2cccc(C(=O)O)c2CCN1C(=O)Cc1c(Cl)cccc1Cl. The van der Waals surface area contributed by atoms with Gasteiger partial charge in [-0.15, -0.1) is 0 Å². The van der Waals surface area contributed by atoms with Crippen molar-refractivity contribution in [3.05, 3.63) is 68.7 Å². The van der Waals surface area contributed by atoms with Gasteiger partial charge in [0.05, 0.1) is 17.5 Å². The van der Waals surface area contributed by atoms with Crippen LogP contribution in [0.3, 0.4) is 0 Å². The molecule has 6 heteroatoms. The molecule has 136 valence electrons. The number of halogens is 2. The molecular weight excluding hydrogens is 373 g/mol. The Kier molecular flexibility index (Phi) is 5.00. The van der Waals surface area contributed by atoms with Crippen molar-refractivity contribution < 1.29 is 14.7 Å². The Morgan fingerprint density at radius 3 is 2.35 bits per heavy atom. The highest BCUT2D eigenvalue weighted by Gasteiger charge is 2.38. The van der Waals surface area contributed by atoms with E-state index in [1.807, 2.05) is 19.9 Å². The van der Waals surface area contributed by atoms with E-state index in [4.69, 9.17) is 23.2 Å². The Morgan fingerprint density at radius 1 is 1.12 bits per heavy atom. The van der Waals surface area contributed by atoms with Crippen LogP contribution in [0.5, 0.6) is 0 Å². The predicted molar refractivity (Wildman–Crippen MR) is 102 cm³/mol. The number of hydrogen-bond donors (Lipinski definition) is 1. The minimum atomic E-state index is -0.944. The summed E-state index contributed by atoms with van der Waals surface area (Å²) in [5, 5.41) is 10.4. The molecule has 1 N–H and O–H groups in total. The van der Waals surface area contributed by atoms with Crippen molar-refractivity contribution in [2.24, 2.45) is 0 Å². The molecule has 0 aliphatic carbocycles. The van der Waals surface area contributed by atoms with Crippen LogP contribution in [0.2, 0.25) is 10.0 Å². The number of benzene rings is 2. The maximum Gasteiger partial charge on any atom is 0.335 e. The molecule has 0 spiro atoms. The van der Waals surface area contributed by atoms with Crippen LogP contribution in [0, 0.1) is 0 Å². The molecule has 4 nitrogen and oxygen atoms in total.